The molecule has 0 atom stereocenters. The maximum absolute atomic E-state index is 10.8. The Bertz CT molecular complexity index is 376. The molecular formula is C16H18O. The Morgan fingerprint density at radius 2 is 1.24 bits per heavy atom. The number of allylic oxidation sites excluding steroid dienone is 12. The van der Waals surface area contributed by atoms with Crippen LogP contribution in [0.1, 0.15) is 6.42 Å². The molecule has 1 nitrogen and oxygen atoms in total. The summed E-state index contributed by atoms with van der Waals surface area (Å²) < 4.78 is 0. The summed E-state index contributed by atoms with van der Waals surface area (Å²) in [7, 11) is 0. The third-order valence-electron chi connectivity index (χ3n) is 1.71. The van der Waals surface area contributed by atoms with Crippen molar-refractivity contribution in [2.75, 3.05) is 0 Å². The van der Waals surface area contributed by atoms with Crippen molar-refractivity contribution in [1.82, 2.24) is 0 Å². The third kappa shape index (κ3) is 11.8. The van der Waals surface area contributed by atoms with Crippen LogP contribution in [0.5, 0.6) is 0 Å². The van der Waals surface area contributed by atoms with Crippen molar-refractivity contribution < 1.29 is 4.79 Å². The maximum atomic E-state index is 10.8. The van der Waals surface area contributed by atoms with Crippen LogP contribution in [-0.2, 0) is 4.79 Å². The van der Waals surface area contributed by atoms with Crippen molar-refractivity contribution in [3.8, 4) is 0 Å². The normalized spacial score (nSPS) is 12.5. The van der Waals surface area contributed by atoms with E-state index in [2.05, 4.69) is 13.2 Å². The SMILES string of the molecule is C=CC=CC=CC=CC=CC=CCC(=O)C=C. The Hall–Kier alpha value is -2.15. The number of rotatable bonds is 8. The fraction of sp³-hybridized carbons (Fsp3) is 0.0625. The van der Waals surface area contributed by atoms with Crippen LogP contribution in [-0.4, -0.2) is 5.78 Å². The van der Waals surface area contributed by atoms with Gasteiger partial charge in [-0.25, -0.2) is 0 Å². The quantitative estimate of drug-likeness (QED) is 0.450. The maximum Gasteiger partial charge on any atom is 0.158 e. The van der Waals surface area contributed by atoms with Crippen molar-refractivity contribution in [3.63, 3.8) is 0 Å². The highest BCUT2D eigenvalue weighted by Gasteiger charge is 1.86. The average molecular weight is 226 g/mol. The largest absolute Gasteiger partial charge is 0.295 e. The monoisotopic (exact) mass is 226 g/mol. The molecule has 0 heterocycles. The minimum atomic E-state index is 0.0298. The van der Waals surface area contributed by atoms with E-state index in [9.17, 15) is 4.79 Å². The molecule has 0 amide bonds. The molecule has 1 heteroatoms. The predicted octanol–water partition coefficient (Wildman–Crippen LogP) is 4.10. The first-order valence-corrected chi connectivity index (χ1v) is 5.40. The molecule has 0 saturated heterocycles. The van der Waals surface area contributed by atoms with Crippen LogP contribution in [0.2, 0.25) is 0 Å². The molecular weight excluding hydrogens is 208 g/mol. The lowest BCUT2D eigenvalue weighted by Crippen LogP contribution is -1.85. The van der Waals surface area contributed by atoms with Gasteiger partial charge in [0.15, 0.2) is 5.78 Å². The van der Waals surface area contributed by atoms with E-state index >= 15 is 0 Å². The lowest BCUT2D eigenvalue weighted by molar-refractivity contribution is -0.113. The summed E-state index contributed by atoms with van der Waals surface area (Å²) in [6, 6.07) is 0. The zero-order chi connectivity index (χ0) is 12.8. The highest BCUT2D eigenvalue weighted by atomic mass is 16.1. The van der Waals surface area contributed by atoms with Gasteiger partial charge in [0.2, 0.25) is 0 Å². The van der Waals surface area contributed by atoms with Gasteiger partial charge in [-0.05, 0) is 6.08 Å². The molecule has 88 valence electrons. The van der Waals surface area contributed by atoms with Crippen LogP contribution in [0, 0.1) is 0 Å². The zero-order valence-electron chi connectivity index (χ0n) is 9.96. The molecule has 0 rings (SSSR count). The standard InChI is InChI=1S/C16H18O/c1-3-5-6-7-8-9-10-11-12-13-14-15-16(17)4-2/h3-14H,1-2,15H2. The van der Waals surface area contributed by atoms with Gasteiger partial charge in [0.1, 0.15) is 0 Å². The summed E-state index contributed by atoms with van der Waals surface area (Å²) in [5.41, 5.74) is 0. The second kappa shape index (κ2) is 11.9. The average Bonchev–Trinajstić information content (AvgIpc) is 2.35. The van der Waals surface area contributed by atoms with Crippen molar-refractivity contribution in [2.24, 2.45) is 0 Å². The van der Waals surface area contributed by atoms with E-state index in [0.717, 1.165) is 0 Å². The minimum Gasteiger partial charge on any atom is -0.295 e. The van der Waals surface area contributed by atoms with Gasteiger partial charge < -0.3 is 0 Å². The zero-order valence-corrected chi connectivity index (χ0v) is 9.96. The molecule has 0 aliphatic carbocycles. The topological polar surface area (TPSA) is 17.1 Å². The van der Waals surface area contributed by atoms with E-state index in [1.807, 2.05) is 54.7 Å². The number of carbonyl (C=O) groups is 1. The number of hydrogen-bond acceptors (Lipinski definition) is 1. The summed E-state index contributed by atoms with van der Waals surface area (Å²) >= 11 is 0. The van der Waals surface area contributed by atoms with Gasteiger partial charge in [0.25, 0.3) is 0 Å². The highest BCUT2D eigenvalue weighted by Crippen LogP contribution is 1.88. The van der Waals surface area contributed by atoms with Gasteiger partial charge in [-0.3, -0.25) is 4.79 Å². The van der Waals surface area contributed by atoms with E-state index in [1.54, 1.807) is 12.2 Å². The first-order chi connectivity index (χ1) is 8.31. The van der Waals surface area contributed by atoms with Gasteiger partial charge in [0, 0.05) is 6.42 Å². The van der Waals surface area contributed by atoms with Crippen molar-refractivity contribution in [3.05, 3.63) is 86.1 Å². The molecule has 0 saturated carbocycles. The molecule has 0 aromatic carbocycles. The van der Waals surface area contributed by atoms with Crippen LogP contribution in [0.15, 0.2) is 86.1 Å². The van der Waals surface area contributed by atoms with E-state index in [4.69, 9.17) is 0 Å². The number of ketones is 1. The lowest BCUT2D eigenvalue weighted by atomic mass is 10.2. The molecule has 17 heavy (non-hydrogen) atoms. The lowest BCUT2D eigenvalue weighted by Gasteiger charge is -1.82. The molecule has 0 spiro atoms. The Balaban J connectivity index is 3.80. The molecule has 0 aliphatic rings. The van der Waals surface area contributed by atoms with E-state index in [1.165, 1.54) is 6.08 Å². The molecule has 0 aromatic heterocycles. The van der Waals surface area contributed by atoms with Gasteiger partial charge >= 0.3 is 0 Å². The Morgan fingerprint density at radius 1 is 0.765 bits per heavy atom. The van der Waals surface area contributed by atoms with E-state index in [0.29, 0.717) is 6.42 Å². The van der Waals surface area contributed by atoms with Crippen LogP contribution < -0.4 is 0 Å². The van der Waals surface area contributed by atoms with Gasteiger partial charge in [-0.15, -0.1) is 0 Å². The first-order valence-electron chi connectivity index (χ1n) is 5.40. The molecule has 0 N–H and O–H groups in total. The summed E-state index contributed by atoms with van der Waals surface area (Å²) in [6.07, 6.45) is 22.3. The second-order valence-electron chi connectivity index (χ2n) is 3.08. The predicted molar refractivity (Wildman–Crippen MR) is 75.7 cm³/mol. The van der Waals surface area contributed by atoms with Crippen molar-refractivity contribution >= 4 is 5.78 Å². The van der Waals surface area contributed by atoms with Gasteiger partial charge in [-0.1, -0.05) is 80.0 Å². The molecule has 0 unspecified atom stereocenters. The van der Waals surface area contributed by atoms with E-state index in [-0.39, 0.29) is 5.78 Å². The summed E-state index contributed by atoms with van der Waals surface area (Å²) in [4.78, 5) is 10.8. The fourth-order valence-electron chi connectivity index (χ4n) is 0.874. The Kier molecular flexibility index (Phi) is 10.4. The third-order valence-corrected chi connectivity index (χ3v) is 1.71. The Labute approximate surface area is 104 Å². The van der Waals surface area contributed by atoms with Crippen molar-refractivity contribution in [2.45, 2.75) is 6.42 Å². The molecule has 0 aromatic rings. The van der Waals surface area contributed by atoms with Gasteiger partial charge in [0.05, 0.1) is 0 Å². The highest BCUT2D eigenvalue weighted by molar-refractivity contribution is 5.90. The molecule has 0 radical (unpaired) electrons. The second-order valence-corrected chi connectivity index (χ2v) is 3.08. The summed E-state index contributed by atoms with van der Waals surface area (Å²) in [5.74, 6) is 0.0298. The molecule has 0 fully saturated rings. The van der Waals surface area contributed by atoms with Crippen LogP contribution in [0.3, 0.4) is 0 Å². The van der Waals surface area contributed by atoms with Crippen LogP contribution in [0.4, 0.5) is 0 Å². The number of carbonyl (C=O) groups excluding carboxylic acids is 1. The van der Waals surface area contributed by atoms with Crippen LogP contribution >= 0.6 is 0 Å². The summed E-state index contributed by atoms with van der Waals surface area (Å²) in [5, 5.41) is 0. The van der Waals surface area contributed by atoms with Gasteiger partial charge in [-0.2, -0.15) is 0 Å². The number of hydrogen-bond donors (Lipinski definition) is 0. The molecule has 0 aliphatic heterocycles. The summed E-state index contributed by atoms with van der Waals surface area (Å²) in [6.45, 7) is 6.97. The minimum absolute atomic E-state index is 0.0298. The first kappa shape index (κ1) is 14.8. The fourth-order valence-corrected chi connectivity index (χ4v) is 0.874. The Morgan fingerprint density at radius 3 is 1.71 bits per heavy atom. The van der Waals surface area contributed by atoms with E-state index < -0.39 is 0 Å². The molecule has 0 bridgehead atoms. The van der Waals surface area contributed by atoms with Crippen LogP contribution in [0.25, 0.3) is 0 Å². The smallest absolute Gasteiger partial charge is 0.158 e. The van der Waals surface area contributed by atoms with Crippen molar-refractivity contribution in [1.29, 1.82) is 0 Å².